The first-order valence-corrected chi connectivity index (χ1v) is 15.2. The summed E-state index contributed by atoms with van der Waals surface area (Å²) in [6.45, 7) is 3.06. The molecule has 0 radical (unpaired) electrons. The van der Waals surface area contributed by atoms with Crippen molar-refractivity contribution in [3.63, 3.8) is 0 Å². The van der Waals surface area contributed by atoms with E-state index in [1.54, 1.807) is 6.08 Å². The summed E-state index contributed by atoms with van der Waals surface area (Å²) in [5.74, 6) is 0.895. The number of ketones is 1. The van der Waals surface area contributed by atoms with E-state index in [1.165, 1.54) is 96.3 Å². The highest BCUT2D eigenvalue weighted by Crippen LogP contribution is 2.17. The molecule has 198 valence electrons. The van der Waals surface area contributed by atoms with Crippen molar-refractivity contribution in [2.24, 2.45) is 0 Å². The van der Waals surface area contributed by atoms with Gasteiger partial charge in [0, 0.05) is 10.0 Å². The van der Waals surface area contributed by atoms with Crippen LogP contribution in [0.2, 0.25) is 0 Å². The topological polar surface area (TPSA) is 26.3 Å². The summed E-state index contributed by atoms with van der Waals surface area (Å²) < 4.78 is 6.80. The molecule has 0 unspecified atom stereocenters. The third kappa shape index (κ3) is 14.6. The Labute approximate surface area is 229 Å². The zero-order valence-corrected chi connectivity index (χ0v) is 24.1. The van der Waals surface area contributed by atoms with E-state index in [-0.39, 0.29) is 5.78 Å². The van der Waals surface area contributed by atoms with Crippen molar-refractivity contribution in [3.8, 4) is 5.75 Å². The standard InChI is InChI=1S/C33H47BrO2/c1-2-3-4-5-6-7-8-9-10-11-12-13-14-15-16-17-27-36-32-24-21-29(22-25-32)23-26-33(35)30-19-18-20-31(34)28-30/h18-26,28H,2-17,27H2,1H3. The maximum absolute atomic E-state index is 12.3. The molecule has 0 amide bonds. The number of ether oxygens (including phenoxy) is 1. The van der Waals surface area contributed by atoms with Crippen LogP contribution in [0.15, 0.2) is 59.1 Å². The summed E-state index contributed by atoms with van der Waals surface area (Å²) in [5.41, 5.74) is 1.67. The van der Waals surface area contributed by atoms with Crippen molar-refractivity contribution in [2.75, 3.05) is 6.61 Å². The summed E-state index contributed by atoms with van der Waals surface area (Å²) in [4.78, 5) is 12.3. The number of rotatable bonds is 21. The van der Waals surface area contributed by atoms with Crippen molar-refractivity contribution < 1.29 is 9.53 Å². The molecule has 0 bridgehead atoms. The number of unbranched alkanes of at least 4 members (excludes halogenated alkanes) is 15. The molecular weight excluding hydrogens is 508 g/mol. The van der Waals surface area contributed by atoms with Crippen molar-refractivity contribution in [2.45, 2.75) is 110 Å². The van der Waals surface area contributed by atoms with Crippen molar-refractivity contribution in [1.29, 1.82) is 0 Å². The molecule has 0 heterocycles. The Hall–Kier alpha value is -1.87. The minimum Gasteiger partial charge on any atom is -0.494 e. The molecule has 0 aliphatic carbocycles. The predicted octanol–water partition coefficient (Wildman–Crippen LogP) is 11.0. The Morgan fingerprint density at radius 2 is 1.25 bits per heavy atom. The van der Waals surface area contributed by atoms with E-state index in [9.17, 15) is 4.79 Å². The van der Waals surface area contributed by atoms with Gasteiger partial charge in [-0.05, 0) is 42.3 Å². The molecule has 2 rings (SSSR count). The van der Waals surface area contributed by atoms with Crippen LogP contribution in [0.5, 0.6) is 5.75 Å². The van der Waals surface area contributed by atoms with E-state index in [2.05, 4.69) is 22.9 Å². The maximum Gasteiger partial charge on any atom is 0.185 e. The van der Waals surface area contributed by atoms with Gasteiger partial charge in [-0.25, -0.2) is 0 Å². The number of halogens is 1. The van der Waals surface area contributed by atoms with Crippen LogP contribution in [0.25, 0.3) is 6.08 Å². The fourth-order valence-corrected chi connectivity index (χ4v) is 4.82. The van der Waals surface area contributed by atoms with Crippen molar-refractivity contribution in [3.05, 3.63) is 70.2 Å². The molecule has 2 nitrogen and oxygen atoms in total. The maximum atomic E-state index is 12.3. The first-order chi connectivity index (χ1) is 17.7. The summed E-state index contributed by atoms with van der Waals surface area (Å²) in [5, 5.41) is 0. The summed E-state index contributed by atoms with van der Waals surface area (Å²) in [6.07, 6.45) is 25.6. The lowest BCUT2D eigenvalue weighted by atomic mass is 10.0. The Morgan fingerprint density at radius 1 is 0.722 bits per heavy atom. The van der Waals surface area contributed by atoms with Crippen LogP contribution in [0.4, 0.5) is 0 Å². The SMILES string of the molecule is CCCCCCCCCCCCCCCCCCOc1ccc(C=CC(=O)c2cccc(Br)c2)cc1. The first-order valence-electron chi connectivity index (χ1n) is 14.4. The normalized spacial score (nSPS) is 11.3. The van der Waals surface area contributed by atoms with Crippen LogP contribution in [0.1, 0.15) is 126 Å². The lowest BCUT2D eigenvalue weighted by Crippen LogP contribution is -1.97. The van der Waals surface area contributed by atoms with Crippen LogP contribution in [0.3, 0.4) is 0 Å². The second kappa shape index (κ2) is 20.2. The van der Waals surface area contributed by atoms with Crippen molar-refractivity contribution >= 4 is 27.8 Å². The first kappa shape index (κ1) is 30.4. The molecule has 2 aromatic carbocycles. The predicted molar refractivity (Wildman–Crippen MR) is 159 cm³/mol. The molecule has 0 aromatic heterocycles. The highest BCUT2D eigenvalue weighted by molar-refractivity contribution is 9.10. The second-order valence-corrected chi connectivity index (χ2v) is 10.8. The Morgan fingerprint density at radius 3 is 1.78 bits per heavy atom. The number of hydrogen-bond acceptors (Lipinski definition) is 2. The van der Waals surface area contributed by atoms with Gasteiger partial charge in [0.2, 0.25) is 0 Å². The lowest BCUT2D eigenvalue weighted by Gasteiger charge is -2.07. The minimum atomic E-state index is 0.000115. The van der Waals surface area contributed by atoms with E-state index in [0.29, 0.717) is 5.56 Å². The Balaban J connectivity index is 1.42. The zero-order chi connectivity index (χ0) is 25.7. The van der Waals surface area contributed by atoms with E-state index in [1.807, 2.05) is 54.6 Å². The summed E-state index contributed by atoms with van der Waals surface area (Å²) in [6, 6.07) is 15.4. The molecule has 0 aliphatic rings. The van der Waals surface area contributed by atoms with Crippen LogP contribution < -0.4 is 4.74 Å². The van der Waals surface area contributed by atoms with Gasteiger partial charge >= 0.3 is 0 Å². The molecule has 0 saturated carbocycles. The monoisotopic (exact) mass is 554 g/mol. The van der Waals surface area contributed by atoms with Gasteiger partial charge in [-0.3, -0.25) is 4.79 Å². The molecule has 0 N–H and O–H groups in total. The summed E-state index contributed by atoms with van der Waals surface area (Å²) >= 11 is 3.41. The molecule has 0 fully saturated rings. The Kier molecular flexibility index (Phi) is 17.0. The second-order valence-electron chi connectivity index (χ2n) is 9.93. The van der Waals surface area contributed by atoms with Crippen LogP contribution >= 0.6 is 15.9 Å². The fourth-order valence-electron chi connectivity index (χ4n) is 4.43. The highest BCUT2D eigenvalue weighted by atomic mass is 79.9. The van der Waals surface area contributed by atoms with E-state index >= 15 is 0 Å². The van der Waals surface area contributed by atoms with E-state index < -0.39 is 0 Å². The zero-order valence-electron chi connectivity index (χ0n) is 22.5. The molecule has 2 aromatic rings. The number of carbonyl (C=O) groups excluding carboxylic acids is 1. The quantitative estimate of drug-likeness (QED) is 0.0870. The Bertz CT molecular complexity index is 856. The van der Waals surface area contributed by atoms with Gasteiger partial charge in [0.25, 0.3) is 0 Å². The summed E-state index contributed by atoms with van der Waals surface area (Å²) in [7, 11) is 0. The third-order valence-corrected chi connectivity index (χ3v) is 7.18. The number of hydrogen-bond donors (Lipinski definition) is 0. The number of carbonyl (C=O) groups is 1. The van der Waals surface area contributed by atoms with Gasteiger partial charge in [-0.15, -0.1) is 0 Å². The highest BCUT2D eigenvalue weighted by Gasteiger charge is 2.02. The van der Waals surface area contributed by atoms with Gasteiger partial charge in [0.15, 0.2) is 5.78 Å². The molecule has 0 spiro atoms. The van der Waals surface area contributed by atoms with Gasteiger partial charge in [0.05, 0.1) is 6.61 Å². The number of benzene rings is 2. The third-order valence-electron chi connectivity index (χ3n) is 6.68. The number of allylic oxidation sites excluding steroid dienone is 1. The van der Waals surface area contributed by atoms with Crippen LogP contribution in [-0.2, 0) is 0 Å². The average molecular weight is 556 g/mol. The van der Waals surface area contributed by atoms with Crippen molar-refractivity contribution in [1.82, 2.24) is 0 Å². The minimum absolute atomic E-state index is 0.000115. The van der Waals surface area contributed by atoms with Gasteiger partial charge < -0.3 is 4.74 Å². The fraction of sp³-hybridized carbons (Fsp3) is 0.545. The van der Waals surface area contributed by atoms with Gasteiger partial charge in [-0.1, -0.05) is 150 Å². The largest absolute Gasteiger partial charge is 0.494 e. The van der Waals surface area contributed by atoms with E-state index in [4.69, 9.17) is 4.74 Å². The van der Waals surface area contributed by atoms with E-state index in [0.717, 1.165) is 28.8 Å². The lowest BCUT2D eigenvalue weighted by molar-refractivity contribution is 0.104. The molecule has 0 aliphatic heterocycles. The average Bonchev–Trinajstić information content (AvgIpc) is 2.89. The van der Waals surface area contributed by atoms with Crippen LogP contribution in [0, 0.1) is 0 Å². The molecular formula is C33H47BrO2. The van der Waals surface area contributed by atoms with Crippen LogP contribution in [-0.4, -0.2) is 12.4 Å². The molecule has 3 heteroatoms. The smallest absolute Gasteiger partial charge is 0.185 e. The molecule has 0 atom stereocenters. The van der Waals surface area contributed by atoms with Gasteiger partial charge in [0.1, 0.15) is 5.75 Å². The molecule has 36 heavy (non-hydrogen) atoms. The van der Waals surface area contributed by atoms with Gasteiger partial charge in [-0.2, -0.15) is 0 Å². The molecule has 0 saturated heterocycles.